The number of hydrogen-bond acceptors (Lipinski definition) is 3. The number of sulfonamides is 1. The Kier molecular flexibility index (Phi) is 5.23. The van der Waals surface area contributed by atoms with Crippen molar-refractivity contribution in [2.45, 2.75) is 31.7 Å². The molecule has 1 aliphatic rings. The summed E-state index contributed by atoms with van der Waals surface area (Å²) in [5.41, 5.74) is 0.213. The number of halogens is 2. The molecule has 0 aromatic heterocycles. The van der Waals surface area contributed by atoms with Crippen LogP contribution in [-0.2, 0) is 10.0 Å². The van der Waals surface area contributed by atoms with Crippen LogP contribution in [0.4, 0.5) is 10.1 Å². The second kappa shape index (κ2) is 6.74. The second-order valence-electron chi connectivity index (χ2n) is 4.98. The van der Waals surface area contributed by atoms with Crippen molar-refractivity contribution in [2.24, 2.45) is 0 Å². The molecule has 0 radical (unpaired) electrons. The third-order valence-electron chi connectivity index (χ3n) is 3.34. The van der Waals surface area contributed by atoms with Gasteiger partial charge in [-0.05, 0) is 44.0 Å². The highest BCUT2D eigenvalue weighted by molar-refractivity contribution is 7.92. The lowest BCUT2D eigenvalue weighted by Crippen LogP contribution is -2.36. The molecule has 1 fully saturated rings. The predicted molar refractivity (Wildman–Crippen MR) is 79.1 cm³/mol. The van der Waals surface area contributed by atoms with E-state index in [1.54, 1.807) is 0 Å². The zero-order valence-corrected chi connectivity index (χ0v) is 12.6. The molecule has 0 bridgehead atoms. The van der Waals surface area contributed by atoms with Gasteiger partial charge in [0.25, 0.3) is 0 Å². The monoisotopic (exact) mass is 320 g/mol. The lowest BCUT2D eigenvalue weighted by Gasteiger charge is -2.23. The van der Waals surface area contributed by atoms with E-state index in [4.69, 9.17) is 11.6 Å². The molecule has 1 heterocycles. The molecule has 1 saturated heterocycles. The van der Waals surface area contributed by atoms with Gasteiger partial charge in [0, 0.05) is 6.04 Å². The number of anilines is 1. The highest BCUT2D eigenvalue weighted by Gasteiger charge is 2.18. The Balaban J connectivity index is 1.93. The van der Waals surface area contributed by atoms with Crippen molar-refractivity contribution in [1.82, 2.24) is 5.32 Å². The maximum atomic E-state index is 12.9. The molecule has 112 valence electrons. The molecular weight excluding hydrogens is 303 g/mol. The van der Waals surface area contributed by atoms with Gasteiger partial charge in [-0.1, -0.05) is 18.0 Å². The number of nitrogens with one attached hydrogen (secondary N) is 2. The lowest BCUT2D eigenvalue weighted by atomic mass is 10.0. The molecule has 7 heteroatoms. The molecule has 2 N–H and O–H groups in total. The summed E-state index contributed by atoms with van der Waals surface area (Å²) < 4.78 is 39.3. The van der Waals surface area contributed by atoms with Crippen molar-refractivity contribution < 1.29 is 12.8 Å². The Morgan fingerprint density at radius 1 is 1.40 bits per heavy atom. The Labute approximate surface area is 123 Å². The van der Waals surface area contributed by atoms with Gasteiger partial charge < -0.3 is 5.32 Å². The van der Waals surface area contributed by atoms with Crippen LogP contribution in [0, 0.1) is 5.82 Å². The van der Waals surface area contributed by atoms with Crippen molar-refractivity contribution in [3.63, 3.8) is 0 Å². The summed E-state index contributed by atoms with van der Waals surface area (Å²) in [6, 6.07) is 3.84. The van der Waals surface area contributed by atoms with E-state index < -0.39 is 15.8 Å². The van der Waals surface area contributed by atoms with Gasteiger partial charge in [0.05, 0.1) is 16.5 Å². The molecule has 4 nitrogen and oxygen atoms in total. The van der Waals surface area contributed by atoms with E-state index in [0.717, 1.165) is 31.9 Å². The van der Waals surface area contributed by atoms with Crippen LogP contribution in [0.25, 0.3) is 0 Å². The van der Waals surface area contributed by atoms with Crippen molar-refractivity contribution in [2.75, 3.05) is 17.0 Å². The third-order valence-corrected chi connectivity index (χ3v) is 4.96. The van der Waals surface area contributed by atoms with Gasteiger partial charge >= 0.3 is 0 Å². The minimum absolute atomic E-state index is 0.0262. The summed E-state index contributed by atoms with van der Waals surface area (Å²) in [5, 5.41) is 3.37. The summed E-state index contributed by atoms with van der Waals surface area (Å²) in [4.78, 5) is 0. The Morgan fingerprint density at radius 3 is 2.85 bits per heavy atom. The largest absolute Gasteiger partial charge is 0.314 e. The van der Waals surface area contributed by atoms with E-state index in [9.17, 15) is 12.8 Å². The van der Waals surface area contributed by atoms with Crippen molar-refractivity contribution in [1.29, 1.82) is 0 Å². The van der Waals surface area contributed by atoms with Gasteiger partial charge in [0.2, 0.25) is 10.0 Å². The number of piperidine rings is 1. The van der Waals surface area contributed by atoms with Gasteiger partial charge in [-0.15, -0.1) is 0 Å². The normalized spacial score (nSPS) is 19.8. The minimum atomic E-state index is -3.47. The van der Waals surface area contributed by atoms with Gasteiger partial charge in [0.1, 0.15) is 5.82 Å². The molecule has 1 unspecified atom stereocenters. The van der Waals surface area contributed by atoms with Crippen molar-refractivity contribution in [3.05, 3.63) is 29.0 Å². The van der Waals surface area contributed by atoms with Gasteiger partial charge in [-0.25, -0.2) is 12.8 Å². The second-order valence-corrected chi connectivity index (χ2v) is 7.23. The first kappa shape index (κ1) is 15.5. The molecule has 0 saturated carbocycles. The molecule has 2 rings (SSSR count). The molecule has 20 heavy (non-hydrogen) atoms. The zero-order valence-electron chi connectivity index (χ0n) is 11.0. The summed E-state index contributed by atoms with van der Waals surface area (Å²) in [5.74, 6) is -0.470. The van der Waals surface area contributed by atoms with Crippen LogP contribution in [0.1, 0.15) is 25.7 Å². The minimum Gasteiger partial charge on any atom is -0.314 e. The third kappa shape index (κ3) is 4.61. The average Bonchev–Trinajstić information content (AvgIpc) is 2.41. The molecule has 0 aliphatic carbocycles. The Bertz CT molecular complexity index is 559. The van der Waals surface area contributed by atoms with E-state index in [-0.39, 0.29) is 22.5 Å². The SMILES string of the molecule is O=S(=O)(CCC1CCCCN1)Nc1ccc(F)cc1Cl. The van der Waals surface area contributed by atoms with Crippen LogP contribution >= 0.6 is 11.6 Å². The predicted octanol–water partition coefficient (Wildman–Crippen LogP) is 2.75. The first-order chi connectivity index (χ1) is 9.46. The first-order valence-electron chi connectivity index (χ1n) is 6.65. The molecule has 0 spiro atoms. The van der Waals surface area contributed by atoms with E-state index in [1.807, 2.05) is 0 Å². The summed E-state index contributed by atoms with van der Waals surface area (Å²) in [6.07, 6.45) is 3.85. The smallest absolute Gasteiger partial charge is 0.232 e. The van der Waals surface area contributed by atoms with Crippen LogP contribution in [-0.4, -0.2) is 26.8 Å². The topological polar surface area (TPSA) is 58.2 Å². The Morgan fingerprint density at radius 2 is 2.20 bits per heavy atom. The summed E-state index contributed by atoms with van der Waals surface area (Å²) in [6.45, 7) is 0.946. The lowest BCUT2D eigenvalue weighted by molar-refractivity contribution is 0.393. The van der Waals surface area contributed by atoms with Gasteiger partial charge in [-0.3, -0.25) is 4.72 Å². The number of benzene rings is 1. The van der Waals surface area contributed by atoms with Crippen LogP contribution in [0.15, 0.2) is 18.2 Å². The quantitative estimate of drug-likeness (QED) is 0.877. The highest BCUT2D eigenvalue weighted by Crippen LogP contribution is 2.23. The molecule has 0 amide bonds. The summed E-state index contributed by atoms with van der Waals surface area (Å²) in [7, 11) is -3.47. The van der Waals surface area contributed by atoms with E-state index in [0.29, 0.717) is 6.42 Å². The average molecular weight is 321 g/mol. The molecule has 1 aliphatic heterocycles. The molecule has 1 aromatic rings. The standard InChI is InChI=1S/C13H18ClFN2O2S/c14-12-9-10(15)4-5-13(12)17-20(18,19)8-6-11-3-1-2-7-16-11/h4-5,9,11,16-17H,1-3,6-8H2. The molecule has 1 atom stereocenters. The fraction of sp³-hybridized carbons (Fsp3) is 0.538. The Hall–Kier alpha value is -0.850. The van der Waals surface area contributed by atoms with Crippen molar-refractivity contribution >= 4 is 27.3 Å². The zero-order chi connectivity index (χ0) is 14.6. The van der Waals surface area contributed by atoms with Crippen LogP contribution in [0.2, 0.25) is 5.02 Å². The summed E-state index contributed by atoms with van der Waals surface area (Å²) >= 11 is 5.81. The fourth-order valence-corrected chi connectivity index (χ4v) is 3.74. The highest BCUT2D eigenvalue weighted by atomic mass is 35.5. The van der Waals surface area contributed by atoms with E-state index in [1.165, 1.54) is 12.1 Å². The van der Waals surface area contributed by atoms with Crippen LogP contribution in [0.5, 0.6) is 0 Å². The van der Waals surface area contributed by atoms with Crippen LogP contribution < -0.4 is 10.0 Å². The van der Waals surface area contributed by atoms with Crippen molar-refractivity contribution in [3.8, 4) is 0 Å². The molecular formula is C13H18ClFN2O2S. The first-order valence-corrected chi connectivity index (χ1v) is 8.68. The van der Waals surface area contributed by atoms with E-state index >= 15 is 0 Å². The maximum absolute atomic E-state index is 12.9. The molecule has 1 aromatic carbocycles. The van der Waals surface area contributed by atoms with E-state index in [2.05, 4.69) is 10.0 Å². The van der Waals surface area contributed by atoms with Crippen LogP contribution in [0.3, 0.4) is 0 Å². The maximum Gasteiger partial charge on any atom is 0.232 e. The number of rotatable bonds is 5. The van der Waals surface area contributed by atoms with Gasteiger partial charge in [0.15, 0.2) is 0 Å². The number of hydrogen-bond donors (Lipinski definition) is 2. The van der Waals surface area contributed by atoms with Gasteiger partial charge in [-0.2, -0.15) is 0 Å². The fourth-order valence-electron chi connectivity index (χ4n) is 2.26.